The summed E-state index contributed by atoms with van der Waals surface area (Å²) in [5, 5.41) is 4.60. The van der Waals surface area contributed by atoms with Crippen molar-refractivity contribution in [1.29, 1.82) is 0 Å². The van der Waals surface area contributed by atoms with Gasteiger partial charge in [-0.15, -0.1) is 0 Å². The fourth-order valence-electron chi connectivity index (χ4n) is 4.33. The lowest BCUT2D eigenvalue weighted by Crippen LogP contribution is -2.20. The summed E-state index contributed by atoms with van der Waals surface area (Å²) in [6.07, 6.45) is 4.72. The largest absolute Gasteiger partial charge is 0.497 e. The highest BCUT2D eigenvalue weighted by molar-refractivity contribution is 6.09. The molecule has 0 aliphatic heterocycles. The van der Waals surface area contributed by atoms with Gasteiger partial charge in [-0.2, -0.15) is 0 Å². The number of para-hydroxylation sites is 1. The van der Waals surface area contributed by atoms with Crippen molar-refractivity contribution in [2.75, 3.05) is 14.2 Å². The average molecular weight is 500 g/mol. The van der Waals surface area contributed by atoms with Crippen LogP contribution >= 0.6 is 0 Å². The molecule has 0 unspecified atom stereocenters. The van der Waals surface area contributed by atoms with E-state index in [1.54, 1.807) is 49.3 Å². The van der Waals surface area contributed by atoms with Gasteiger partial charge in [-0.3, -0.25) is 9.78 Å². The molecule has 5 rings (SSSR count). The van der Waals surface area contributed by atoms with Crippen molar-refractivity contribution in [3.63, 3.8) is 0 Å². The molecule has 3 aromatic carbocycles. The third-order valence-electron chi connectivity index (χ3n) is 6.02. The summed E-state index contributed by atoms with van der Waals surface area (Å²) in [6, 6.07) is 18.2. The molecule has 37 heavy (non-hydrogen) atoms. The number of aromatic nitrogens is 2. The molecule has 0 atom stereocenters. The molecule has 0 saturated heterocycles. The van der Waals surface area contributed by atoms with Gasteiger partial charge in [0, 0.05) is 28.5 Å². The third-order valence-corrected chi connectivity index (χ3v) is 6.02. The molecule has 6 nitrogen and oxygen atoms in total. The Morgan fingerprint density at radius 2 is 1.73 bits per heavy atom. The van der Waals surface area contributed by atoms with Crippen LogP contribution in [0.1, 0.15) is 11.3 Å². The van der Waals surface area contributed by atoms with E-state index in [0.29, 0.717) is 34.0 Å². The van der Waals surface area contributed by atoms with Gasteiger partial charge < -0.3 is 19.4 Å². The molecule has 2 aromatic heterocycles. The molecular weight excluding hydrogens is 476 g/mol. The van der Waals surface area contributed by atoms with Gasteiger partial charge in [0.1, 0.15) is 23.1 Å². The number of hydrogen-bond acceptors (Lipinski definition) is 4. The molecule has 0 bridgehead atoms. The Hall–Kier alpha value is -4.72. The number of methoxy groups -OCH3 is 2. The molecule has 0 radical (unpaired) electrons. The number of fused-ring (bicyclic) bond motifs is 3. The zero-order valence-corrected chi connectivity index (χ0v) is 20.2. The summed E-state index contributed by atoms with van der Waals surface area (Å²) in [4.78, 5) is 17.0. The second-order valence-electron chi connectivity index (χ2n) is 8.33. The number of nitrogens with zero attached hydrogens (tertiary/aromatic N) is 2. The normalized spacial score (nSPS) is 11.4. The van der Waals surface area contributed by atoms with Crippen LogP contribution in [0.25, 0.3) is 33.6 Å². The van der Waals surface area contributed by atoms with Crippen LogP contribution in [-0.4, -0.2) is 29.7 Å². The second kappa shape index (κ2) is 10.1. The van der Waals surface area contributed by atoms with Gasteiger partial charge in [-0.25, -0.2) is 8.78 Å². The number of carbonyl (C=O) groups excluding carboxylic acids is 1. The van der Waals surface area contributed by atoms with Crippen molar-refractivity contribution in [2.24, 2.45) is 0 Å². The van der Waals surface area contributed by atoms with Crippen LogP contribution in [0, 0.1) is 11.6 Å². The molecule has 2 heterocycles. The molecule has 1 N–H and O–H groups in total. The second-order valence-corrected chi connectivity index (χ2v) is 8.33. The van der Waals surface area contributed by atoms with Crippen LogP contribution in [0.2, 0.25) is 0 Å². The van der Waals surface area contributed by atoms with Gasteiger partial charge in [-0.05, 0) is 48.5 Å². The summed E-state index contributed by atoms with van der Waals surface area (Å²) in [5.74, 6) is -0.352. The number of hydrogen-bond donors (Lipinski definition) is 1. The fraction of sp³-hybridized carbons (Fsp3) is 0.103. The summed E-state index contributed by atoms with van der Waals surface area (Å²) < 4.78 is 40.3. The van der Waals surface area contributed by atoms with Crippen molar-refractivity contribution < 1.29 is 23.0 Å². The lowest BCUT2D eigenvalue weighted by molar-refractivity contribution is -0.116. The molecule has 0 aliphatic carbocycles. The standard InChI is InChI=1S/C29H23F2N3O3/c1-36-23-8-9-28(37-2)18(11-23)7-10-29(35)33-16-21-15-25-24-5-3-4-6-26(24)34(27(25)17-32-21)22-13-19(30)12-20(31)14-22/h3-15,17H,16H2,1-2H3,(H,33,35)/b10-7+. The maximum Gasteiger partial charge on any atom is 0.244 e. The van der Waals surface area contributed by atoms with Crippen LogP contribution < -0.4 is 14.8 Å². The number of ether oxygens (including phenoxy) is 2. The lowest BCUT2D eigenvalue weighted by Gasteiger charge is -2.09. The quantitative estimate of drug-likeness (QED) is 0.287. The number of amides is 1. The topological polar surface area (TPSA) is 65.4 Å². The predicted molar refractivity (Wildman–Crippen MR) is 139 cm³/mol. The molecule has 1 amide bonds. The first kappa shape index (κ1) is 24.0. The van der Waals surface area contributed by atoms with Crippen LogP contribution in [0.4, 0.5) is 8.78 Å². The minimum atomic E-state index is -0.659. The van der Waals surface area contributed by atoms with E-state index in [4.69, 9.17) is 9.47 Å². The van der Waals surface area contributed by atoms with Crippen LogP contribution in [-0.2, 0) is 11.3 Å². The smallest absolute Gasteiger partial charge is 0.244 e. The zero-order valence-electron chi connectivity index (χ0n) is 20.2. The van der Waals surface area contributed by atoms with Crippen molar-refractivity contribution in [1.82, 2.24) is 14.9 Å². The van der Waals surface area contributed by atoms with Crippen molar-refractivity contribution in [3.05, 3.63) is 102 Å². The van der Waals surface area contributed by atoms with Gasteiger partial charge in [0.05, 0.1) is 49.4 Å². The maximum atomic E-state index is 14.0. The van der Waals surface area contributed by atoms with E-state index < -0.39 is 11.6 Å². The van der Waals surface area contributed by atoms with Crippen LogP contribution in [0.3, 0.4) is 0 Å². The van der Waals surface area contributed by atoms with Crippen molar-refractivity contribution in [3.8, 4) is 17.2 Å². The van der Waals surface area contributed by atoms with Crippen molar-refractivity contribution in [2.45, 2.75) is 6.54 Å². The molecule has 8 heteroatoms. The zero-order chi connectivity index (χ0) is 25.9. The molecule has 0 saturated carbocycles. The SMILES string of the molecule is COc1ccc(OC)c(/C=C/C(=O)NCc2cc3c4ccccc4n(-c4cc(F)cc(F)c4)c3cn2)c1. The van der Waals surface area contributed by atoms with Crippen LogP contribution in [0.5, 0.6) is 11.5 Å². The minimum Gasteiger partial charge on any atom is -0.497 e. The van der Waals surface area contributed by atoms with E-state index in [1.807, 2.05) is 30.3 Å². The predicted octanol–water partition coefficient (Wildman–Crippen LogP) is 5.80. The number of benzene rings is 3. The first-order valence-corrected chi connectivity index (χ1v) is 11.5. The summed E-state index contributed by atoms with van der Waals surface area (Å²) >= 11 is 0. The summed E-state index contributed by atoms with van der Waals surface area (Å²) in [5.41, 5.74) is 3.20. The molecule has 0 fully saturated rings. The Bertz CT molecular complexity index is 1640. The molecule has 186 valence electrons. The van der Waals surface area contributed by atoms with Gasteiger partial charge in [0.2, 0.25) is 5.91 Å². The summed E-state index contributed by atoms with van der Waals surface area (Å²) in [7, 11) is 3.13. The van der Waals surface area contributed by atoms with Crippen LogP contribution in [0.15, 0.2) is 79.0 Å². The van der Waals surface area contributed by atoms with E-state index in [2.05, 4.69) is 10.3 Å². The van der Waals surface area contributed by atoms with Gasteiger partial charge in [0.15, 0.2) is 0 Å². The van der Waals surface area contributed by atoms with E-state index in [1.165, 1.54) is 18.2 Å². The highest BCUT2D eigenvalue weighted by Gasteiger charge is 2.15. The fourth-order valence-corrected chi connectivity index (χ4v) is 4.33. The van der Waals surface area contributed by atoms with E-state index in [9.17, 15) is 13.6 Å². The lowest BCUT2D eigenvalue weighted by atomic mass is 10.1. The van der Waals surface area contributed by atoms with E-state index in [-0.39, 0.29) is 12.5 Å². The highest BCUT2D eigenvalue weighted by atomic mass is 19.1. The van der Waals surface area contributed by atoms with Gasteiger partial charge in [-0.1, -0.05) is 18.2 Å². The Morgan fingerprint density at radius 1 is 0.946 bits per heavy atom. The van der Waals surface area contributed by atoms with Gasteiger partial charge >= 0.3 is 0 Å². The van der Waals surface area contributed by atoms with E-state index >= 15 is 0 Å². The highest BCUT2D eigenvalue weighted by Crippen LogP contribution is 2.32. The Morgan fingerprint density at radius 3 is 2.49 bits per heavy atom. The van der Waals surface area contributed by atoms with E-state index in [0.717, 1.165) is 22.4 Å². The number of carbonyl (C=O) groups is 1. The number of rotatable bonds is 7. The maximum absolute atomic E-state index is 14.0. The number of pyridine rings is 1. The molecule has 0 spiro atoms. The molecular formula is C29H23F2N3O3. The molecule has 5 aromatic rings. The minimum absolute atomic E-state index is 0.197. The van der Waals surface area contributed by atoms with Gasteiger partial charge in [0.25, 0.3) is 0 Å². The first-order valence-electron chi connectivity index (χ1n) is 11.5. The first-order chi connectivity index (χ1) is 18.0. The number of halogens is 2. The molecule has 0 aliphatic rings. The van der Waals surface area contributed by atoms with Crippen molar-refractivity contribution >= 4 is 33.8 Å². The monoisotopic (exact) mass is 499 g/mol. The Kier molecular flexibility index (Phi) is 6.55. The average Bonchev–Trinajstić information content (AvgIpc) is 3.23. The Labute approximate surface area is 211 Å². The third kappa shape index (κ3) is 4.86. The Balaban J connectivity index is 1.41. The number of nitrogens with one attached hydrogen (secondary N) is 1. The summed E-state index contributed by atoms with van der Waals surface area (Å²) in [6.45, 7) is 0.197.